The van der Waals surface area contributed by atoms with Gasteiger partial charge < -0.3 is 5.32 Å². The molecule has 0 spiro atoms. The van der Waals surface area contributed by atoms with Gasteiger partial charge in [-0.25, -0.2) is 0 Å². The highest BCUT2D eigenvalue weighted by molar-refractivity contribution is 5.02. The predicted octanol–water partition coefficient (Wildman–Crippen LogP) is 1.64. The lowest BCUT2D eigenvalue weighted by molar-refractivity contribution is 0.247. The first kappa shape index (κ1) is 8.62. The van der Waals surface area contributed by atoms with Gasteiger partial charge in [-0.3, -0.25) is 0 Å². The van der Waals surface area contributed by atoms with Crippen LogP contribution < -0.4 is 5.32 Å². The minimum atomic E-state index is 0.462. The summed E-state index contributed by atoms with van der Waals surface area (Å²) in [4.78, 5) is 0. The molecule has 1 aliphatic carbocycles. The SMILES string of the molecule is C#CC1CCC[C@@H](C)C1NC. The van der Waals surface area contributed by atoms with Crippen molar-refractivity contribution in [1.29, 1.82) is 0 Å². The maximum absolute atomic E-state index is 5.44. The minimum absolute atomic E-state index is 0.462. The Morgan fingerprint density at radius 3 is 2.64 bits per heavy atom. The predicted molar refractivity (Wildman–Crippen MR) is 48.2 cm³/mol. The first-order valence-corrected chi connectivity index (χ1v) is 4.43. The molecule has 1 rings (SSSR count). The average Bonchev–Trinajstić information content (AvgIpc) is 2.04. The number of hydrogen-bond donors (Lipinski definition) is 1. The van der Waals surface area contributed by atoms with Crippen LogP contribution in [-0.4, -0.2) is 13.1 Å². The van der Waals surface area contributed by atoms with E-state index in [0.717, 1.165) is 5.92 Å². The van der Waals surface area contributed by atoms with Crippen molar-refractivity contribution in [2.24, 2.45) is 11.8 Å². The third-order valence-corrected chi connectivity index (χ3v) is 2.77. The van der Waals surface area contributed by atoms with Crippen molar-refractivity contribution in [3.05, 3.63) is 0 Å². The average molecular weight is 151 g/mol. The first-order valence-electron chi connectivity index (χ1n) is 4.43. The zero-order valence-corrected chi connectivity index (χ0v) is 7.43. The molecule has 0 aromatic carbocycles. The molecular weight excluding hydrogens is 134 g/mol. The monoisotopic (exact) mass is 151 g/mol. The van der Waals surface area contributed by atoms with Crippen LogP contribution >= 0.6 is 0 Å². The molecule has 0 amide bonds. The van der Waals surface area contributed by atoms with Crippen molar-refractivity contribution in [1.82, 2.24) is 5.32 Å². The second-order valence-corrected chi connectivity index (χ2v) is 3.50. The smallest absolute Gasteiger partial charge is 0.0356 e. The fourth-order valence-corrected chi connectivity index (χ4v) is 2.09. The normalized spacial score (nSPS) is 38.1. The maximum Gasteiger partial charge on any atom is 0.0356 e. The van der Waals surface area contributed by atoms with Gasteiger partial charge in [0.15, 0.2) is 0 Å². The Bertz CT molecular complexity index is 157. The van der Waals surface area contributed by atoms with Crippen molar-refractivity contribution >= 4 is 0 Å². The summed E-state index contributed by atoms with van der Waals surface area (Å²) in [5.74, 6) is 4.08. The van der Waals surface area contributed by atoms with E-state index < -0.39 is 0 Å². The van der Waals surface area contributed by atoms with Crippen molar-refractivity contribution in [3.63, 3.8) is 0 Å². The van der Waals surface area contributed by atoms with Crippen LogP contribution in [0.3, 0.4) is 0 Å². The van der Waals surface area contributed by atoms with E-state index in [4.69, 9.17) is 6.42 Å². The number of hydrogen-bond acceptors (Lipinski definition) is 1. The maximum atomic E-state index is 5.44. The van der Waals surface area contributed by atoms with Crippen LogP contribution in [0.5, 0.6) is 0 Å². The molecule has 11 heavy (non-hydrogen) atoms. The Morgan fingerprint density at radius 1 is 1.45 bits per heavy atom. The molecule has 0 heterocycles. The topological polar surface area (TPSA) is 12.0 Å². The molecule has 3 atom stereocenters. The molecule has 0 bridgehead atoms. The van der Waals surface area contributed by atoms with Gasteiger partial charge in [0.25, 0.3) is 0 Å². The standard InChI is InChI=1S/C10H17N/c1-4-9-7-5-6-8(2)10(9)11-3/h1,8-11H,5-7H2,2-3H3/t8-,9?,10?/m1/s1. The zero-order valence-electron chi connectivity index (χ0n) is 7.43. The van der Waals surface area contributed by atoms with Gasteiger partial charge in [-0.05, 0) is 25.8 Å². The number of terminal acetylenes is 1. The minimum Gasteiger partial charge on any atom is -0.316 e. The molecule has 62 valence electrons. The van der Waals surface area contributed by atoms with E-state index in [1.807, 2.05) is 7.05 Å². The molecule has 1 nitrogen and oxygen atoms in total. The lowest BCUT2D eigenvalue weighted by atomic mass is 9.78. The molecule has 0 saturated heterocycles. The van der Waals surface area contributed by atoms with Gasteiger partial charge in [0, 0.05) is 12.0 Å². The zero-order chi connectivity index (χ0) is 8.27. The summed E-state index contributed by atoms with van der Waals surface area (Å²) in [6.07, 6.45) is 9.27. The van der Waals surface area contributed by atoms with E-state index in [-0.39, 0.29) is 0 Å². The Balaban J connectivity index is 2.57. The highest BCUT2D eigenvalue weighted by Crippen LogP contribution is 2.28. The second kappa shape index (κ2) is 3.78. The fourth-order valence-electron chi connectivity index (χ4n) is 2.09. The van der Waals surface area contributed by atoms with Crippen molar-refractivity contribution in [2.75, 3.05) is 7.05 Å². The summed E-state index contributed by atoms with van der Waals surface area (Å²) in [6.45, 7) is 2.28. The van der Waals surface area contributed by atoms with Gasteiger partial charge >= 0.3 is 0 Å². The van der Waals surface area contributed by atoms with Crippen molar-refractivity contribution < 1.29 is 0 Å². The largest absolute Gasteiger partial charge is 0.316 e. The summed E-state index contributed by atoms with van der Waals surface area (Å²) < 4.78 is 0. The summed E-state index contributed by atoms with van der Waals surface area (Å²) in [5.41, 5.74) is 0. The molecule has 0 radical (unpaired) electrons. The third kappa shape index (κ3) is 1.75. The Labute approximate surface area is 69.6 Å². The van der Waals surface area contributed by atoms with Crippen LogP contribution in [0.2, 0.25) is 0 Å². The van der Waals surface area contributed by atoms with Crippen LogP contribution in [0.25, 0.3) is 0 Å². The molecule has 2 unspecified atom stereocenters. The molecule has 0 aliphatic heterocycles. The van der Waals surface area contributed by atoms with Crippen LogP contribution in [0.4, 0.5) is 0 Å². The molecule has 1 N–H and O–H groups in total. The lowest BCUT2D eigenvalue weighted by Gasteiger charge is -2.33. The fraction of sp³-hybridized carbons (Fsp3) is 0.800. The Kier molecular flexibility index (Phi) is 2.96. The van der Waals surface area contributed by atoms with Gasteiger partial charge in [-0.15, -0.1) is 12.3 Å². The van der Waals surface area contributed by atoms with Crippen LogP contribution in [0.1, 0.15) is 26.2 Å². The highest BCUT2D eigenvalue weighted by atomic mass is 14.9. The molecule has 1 aliphatic rings. The van der Waals surface area contributed by atoms with Crippen molar-refractivity contribution in [2.45, 2.75) is 32.2 Å². The van der Waals surface area contributed by atoms with Gasteiger partial charge in [0.1, 0.15) is 0 Å². The molecule has 1 fully saturated rings. The van der Waals surface area contributed by atoms with Crippen molar-refractivity contribution in [3.8, 4) is 12.3 Å². The molecular formula is C10H17N. The van der Waals surface area contributed by atoms with E-state index in [1.165, 1.54) is 19.3 Å². The quantitative estimate of drug-likeness (QED) is 0.562. The molecule has 0 aromatic rings. The van der Waals surface area contributed by atoms with Crippen LogP contribution in [-0.2, 0) is 0 Å². The van der Waals surface area contributed by atoms with E-state index in [0.29, 0.717) is 12.0 Å². The molecule has 1 saturated carbocycles. The van der Waals surface area contributed by atoms with E-state index in [2.05, 4.69) is 18.2 Å². The van der Waals surface area contributed by atoms with Gasteiger partial charge in [-0.2, -0.15) is 0 Å². The Morgan fingerprint density at radius 2 is 2.18 bits per heavy atom. The lowest BCUT2D eigenvalue weighted by Crippen LogP contribution is -2.41. The Hall–Kier alpha value is -0.480. The third-order valence-electron chi connectivity index (χ3n) is 2.77. The first-order chi connectivity index (χ1) is 5.29. The number of nitrogens with one attached hydrogen (secondary N) is 1. The summed E-state index contributed by atoms with van der Waals surface area (Å²) in [5, 5.41) is 3.31. The number of rotatable bonds is 1. The van der Waals surface area contributed by atoms with E-state index >= 15 is 0 Å². The molecule has 1 heteroatoms. The van der Waals surface area contributed by atoms with Gasteiger partial charge in [-0.1, -0.05) is 13.3 Å². The highest BCUT2D eigenvalue weighted by Gasteiger charge is 2.27. The summed E-state index contributed by atoms with van der Waals surface area (Å²) in [6, 6.07) is 0.550. The van der Waals surface area contributed by atoms with E-state index in [1.54, 1.807) is 0 Å². The van der Waals surface area contributed by atoms with Crippen LogP contribution in [0.15, 0.2) is 0 Å². The van der Waals surface area contributed by atoms with E-state index in [9.17, 15) is 0 Å². The van der Waals surface area contributed by atoms with Gasteiger partial charge in [0.2, 0.25) is 0 Å². The summed E-state index contributed by atoms with van der Waals surface area (Å²) >= 11 is 0. The summed E-state index contributed by atoms with van der Waals surface area (Å²) in [7, 11) is 2.01. The second-order valence-electron chi connectivity index (χ2n) is 3.50. The van der Waals surface area contributed by atoms with Crippen LogP contribution in [0, 0.1) is 24.2 Å². The molecule has 0 aromatic heterocycles. The van der Waals surface area contributed by atoms with Gasteiger partial charge in [0.05, 0.1) is 0 Å².